The lowest BCUT2D eigenvalue weighted by Gasteiger charge is -2.13. The molecule has 1 aliphatic rings. The van der Waals surface area contributed by atoms with Gasteiger partial charge in [0, 0.05) is 12.6 Å². The molecule has 0 aliphatic heterocycles. The van der Waals surface area contributed by atoms with Crippen molar-refractivity contribution in [2.24, 2.45) is 4.99 Å². The Labute approximate surface area is 138 Å². The van der Waals surface area contributed by atoms with E-state index in [-0.39, 0.29) is 24.0 Å². The van der Waals surface area contributed by atoms with Crippen molar-refractivity contribution in [2.45, 2.75) is 38.8 Å². The van der Waals surface area contributed by atoms with Gasteiger partial charge in [0.1, 0.15) is 0 Å². The third-order valence-corrected chi connectivity index (χ3v) is 3.15. The van der Waals surface area contributed by atoms with Crippen molar-refractivity contribution in [3.8, 4) is 0 Å². The number of hydrogen-bond acceptors (Lipinski definition) is 2. The highest BCUT2D eigenvalue weighted by molar-refractivity contribution is 14.0. The van der Waals surface area contributed by atoms with E-state index in [1.807, 2.05) is 38.1 Å². The molecule has 4 nitrogen and oxygen atoms in total. The summed E-state index contributed by atoms with van der Waals surface area (Å²) in [6.07, 6.45) is 1.88. The van der Waals surface area contributed by atoms with Gasteiger partial charge >= 0.3 is 0 Å². The smallest absolute Gasteiger partial charge is 0.191 e. The first kappa shape index (κ1) is 17.2. The zero-order chi connectivity index (χ0) is 13.7. The summed E-state index contributed by atoms with van der Waals surface area (Å²) in [5, 5.41) is 16.6. The predicted octanol–water partition coefficient (Wildman–Crippen LogP) is 2.36. The van der Waals surface area contributed by atoms with Gasteiger partial charge in [-0.2, -0.15) is 0 Å². The van der Waals surface area contributed by atoms with Crippen LogP contribution in [-0.2, 0) is 0 Å². The van der Waals surface area contributed by atoms with Crippen LogP contribution in [0.2, 0.25) is 0 Å². The van der Waals surface area contributed by atoms with Crippen LogP contribution in [0.3, 0.4) is 0 Å². The third-order valence-electron chi connectivity index (χ3n) is 3.15. The van der Waals surface area contributed by atoms with Crippen molar-refractivity contribution in [3.63, 3.8) is 0 Å². The van der Waals surface area contributed by atoms with E-state index in [2.05, 4.69) is 15.6 Å². The minimum absolute atomic E-state index is 0. The van der Waals surface area contributed by atoms with Crippen LogP contribution < -0.4 is 10.6 Å². The summed E-state index contributed by atoms with van der Waals surface area (Å²) in [6.45, 7) is 5.29. The fraction of sp³-hybridized carbons (Fsp3) is 0.533. The Morgan fingerprint density at radius 3 is 2.55 bits per heavy atom. The fourth-order valence-corrected chi connectivity index (χ4v) is 1.81. The van der Waals surface area contributed by atoms with Crippen molar-refractivity contribution in [1.29, 1.82) is 0 Å². The maximum atomic E-state index is 10.1. The Kier molecular flexibility index (Phi) is 7.29. The lowest BCUT2D eigenvalue weighted by Crippen LogP contribution is -2.38. The van der Waals surface area contributed by atoms with Crippen molar-refractivity contribution in [2.75, 3.05) is 13.1 Å². The van der Waals surface area contributed by atoms with E-state index >= 15 is 0 Å². The van der Waals surface area contributed by atoms with Crippen molar-refractivity contribution in [3.05, 3.63) is 35.4 Å². The van der Waals surface area contributed by atoms with Gasteiger partial charge in [-0.3, -0.25) is 4.99 Å². The molecule has 1 fully saturated rings. The number of rotatable bonds is 5. The van der Waals surface area contributed by atoms with E-state index < -0.39 is 6.10 Å². The van der Waals surface area contributed by atoms with Crippen LogP contribution in [0.15, 0.2) is 29.3 Å². The van der Waals surface area contributed by atoms with E-state index in [0.29, 0.717) is 12.6 Å². The summed E-state index contributed by atoms with van der Waals surface area (Å²) in [5.41, 5.74) is 2.11. The SMILES string of the molecule is CCNC(=NCC(O)c1ccc(C)cc1)NC1CC1.I. The van der Waals surface area contributed by atoms with Gasteiger partial charge in [-0.25, -0.2) is 0 Å². The molecule has 0 bridgehead atoms. The Balaban J connectivity index is 0.00000200. The van der Waals surface area contributed by atoms with Crippen molar-refractivity contribution in [1.82, 2.24) is 10.6 Å². The first-order chi connectivity index (χ1) is 9.19. The predicted molar refractivity (Wildman–Crippen MR) is 93.7 cm³/mol. The highest BCUT2D eigenvalue weighted by atomic mass is 127. The quantitative estimate of drug-likeness (QED) is 0.412. The topological polar surface area (TPSA) is 56.7 Å². The Bertz CT molecular complexity index is 429. The number of aryl methyl sites for hydroxylation is 1. The molecule has 2 rings (SSSR count). The number of hydrogen-bond donors (Lipinski definition) is 3. The number of aliphatic hydroxyl groups is 1. The molecule has 1 aliphatic carbocycles. The minimum Gasteiger partial charge on any atom is -0.386 e. The molecule has 1 atom stereocenters. The van der Waals surface area contributed by atoms with Gasteiger partial charge in [-0.05, 0) is 32.3 Å². The molecule has 5 heteroatoms. The number of aliphatic imine (C=N–C) groups is 1. The summed E-state index contributed by atoms with van der Waals surface area (Å²) in [6, 6.07) is 8.49. The highest BCUT2D eigenvalue weighted by Crippen LogP contribution is 2.18. The summed E-state index contributed by atoms with van der Waals surface area (Å²) >= 11 is 0. The number of aliphatic hydroxyl groups excluding tert-OH is 1. The number of nitrogens with zero attached hydrogens (tertiary/aromatic N) is 1. The first-order valence-electron chi connectivity index (χ1n) is 6.98. The largest absolute Gasteiger partial charge is 0.386 e. The van der Waals surface area contributed by atoms with E-state index in [0.717, 1.165) is 18.1 Å². The van der Waals surface area contributed by atoms with Crippen LogP contribution in [0, 0.1) is 6.92 Å². The molecule has 0 spiro atoms. The third kappa shape index (κ3) is 5.66. The van der Waals surface area contributed by atoms with E-state index in [9.17, 15) is 5.11 Å². The zero-order valence-corrected chi connectivity index (χ0v) is 14.4. The van der Waals surface area contributed by atoms with E-state index in [1.165, 1.54) is 18.4 Å². The summed E-state index contributed by atoms with van der Waals surface area (Å²) in [4.78, 5) is 4.44. The van der Waals surface area contributed by atoms with Crippen LogP contribution >= 0.6 is 24.0 Å². The van der Waals surface area contributed by atoms with E-state index in [1.54, 1.807) is 0 Å². The maximum Gasteiger partial charge on any atom is 0.191 e. The summed E-state index contributed by atoms with van der Waals surface area (Å²) in [5.74, 6) is 0.802. The maximum absolute atomic E-state index is 10.1. The normalized spacial score (nSPS) is 16.2. The molecule has 0 aromatic heterocycles. The first-order valence-corrected chi connectivity index (χ1v) is 6.98. The standard InChI is InChI=1S/C15H23N3O.HI/c1-3-16-15(18-13-8-9-13)17-10-14(19)12-6-4-11(2)5-7-12;/h4-7,13-14,19H,3,8-10H2,1-2H3,(H2,16,17,18);1H. The van der Waals surface area contributed by atoms with Crippen molar-refractivity contribution < 1.29 is 5.11 Å². The second-order valence-corrected chi connectivity index (χ2v) is 5.06. The summed E-state index contributed by atoms with van der Waals surface area (Å²) in [7, 11) is 0. The van der Waals surface area contributed by atoms with Gasteiger partial charge in [0.2, 0.25) is 0 Å². The van der Waals surface area contributed by atoms with Crippen LogP contribution in [0.4, 0.5) is 0 Å². The van der Waals surface area contributed by atoms with Gasteiger partial charge in [0.25, 0.3) is 0 Å². The lowest BCUT2D eigenvalue weighted by molar-refractivity contribution is 0.187. The summed E-state index contributed by atoms with van der Waals surface area (Å²) < 4.78 is 0. The van der Waals surface area contributed by atoms with Crippen LogP contribution in [-0.4, -0.2) is 30.2 Å². The Hall–Kier alpha value is -0.820. The second kappa shape index (κ2) is 8.46. The van der Waals surface area contributed by atoms with Gasteiger partial charge in [-0.15, -0.1) is 24.0 Å². The number of benzene rings is 1. The molecule has 0 saturated heterocycles. The molecule has 1 aromatic carbocycles. The molecule has 1 unspecified atom stereocenters. The molecule has 20 heavy (non-hydrogen) atoms. The highest BCUT2D eigenvalue weighted by Gasteiger charge is 2.22. The Morgan fingerprint density at radius 2 is 2.00 bits per heavy atom. The van der Waals surface area contributed by atoms with E-state index in [4.69, 9.17) is 0 Å². The van der Waals surface area contributed by atoms with Gasteiger partial charge < -0.3 is 15.7 Å². The van der Waals surface area contributed by atoms with Gasteiger partial charge in [0.15, 0.2) is 5.96 Å². The molecule has 3 N–H and O–H groups in total. The van der Waals surface area contributed by atoms with Crippen LogP contribution in [0.25, 0.3) is 0 Å². The number of guanidine groups is 1. The molecule has 0 heterocycles. The Morgan fingerprint density at radius 1 is 1.35 bits per heavy atom. The monoisotopic (exact) mass is 389 g/mol. The molecule has 1 saturated carbocycles. The molecule has 0 amide bonds. The van der Waals surface area contributed by atoms with Gasteiger partial charge in [0.05, 0.1) is 12.6 Å². The molecular weight excluding hydrogens is 365 g/mol. The lowest BCUT2D eigenvalue weighted by atomic mass is 10.1. The molecular formula is C15H24IN3O. The zero-order valence-electron chi connectivity index (χ0n) is 12.1. The van der Waals surface area contributed by atoms with Crippen LogP contribution in [0.5, 0.6) is 0 Å². The fourth-order valence-electron chi connectivity index (χ4n) is 1.81. The minimum atomic E-state index is -0.546. The number of nitrogens with one attached hydrogen (secondary N) is 2. The molecule has 112 valence electrons. The second-order valence-electron chi connectivity index (χ2n) is 5.06. The molecule has 0 radical (unpaired) electrons. The van der Waals surface area contributed by atoms with Gasteiger partial charge in [-0.1, -0.05) is 29.8 Å². The van der Waals surface area contributed by atoms with Crippen LogP contribution in [0.1, 0.15) is 37.0 Å². The average molecular weight is 389 g/mol. The van der Waals surface area contributed by atoms with Crippen molar-refractivity contribution >= 4 is 29.9 Å². The molecule has 1 aromatic rings. The average Bonchev–Trinajstić information content (AvgIpc) is 3.21. The number of halogens is 1.